The highest BCUT2D eigenvalue weighted by atomic mass is 16.2. The first-order valence-electron chi connectivity index (χ1n) is 6.56. The molecule has 0 aromatic carbocycles. The number of nitrogens with two attached hydrogens (primary N) is 1. The van der Waals surface area contributed by atoms with Crippen LogP contribution < -0.4 is 11.1 Å². The molecule has 1 amide bonds. The number of rotatable bonds is 5. The molecule has 2 unspecified atom stereocenters. The van der Waals surface area contributed by atoms with E-state index >= 15 is 0 Å². The second-order valence-corrected chi connectivity index (χ2v) is 4.73. The number of nitrogens with one attached hydrogen (secondary N) is 1. The van der Waals surface area contributed by atoms with Gasteiger partial charge in [-0.2, -0.15) is 0 Å². The van der Waals surface area contributed by atoms with E-state index in [2.05, 4.69) is 22.0 Å². The van der Waals surface area contributed by atoms with Crippen LogP contribution in [0.25, 0.3) is 0 Å². The molecule has 100 valence electrons. The largest absolute Gasteiger partial charge is 0.355 e. The molecule has 1 saturated heterocycles. The van der Waals surface area contributed by atoms with Crippen molar-refractivity contribution in [1.29, 1.82) is 0 Å². The van der Waals surface area contributed by atoms with E-state index in [4.69, 9.17) is 5.73 Å². The molecule has 5 heteroatoms. The summed E-state index contributed by atoms with van der Waals surface area (Å²) in [4.78, 5) is 16.4. The van der Waals surface area contributed by atoms with E-state index in [0.29, 0.717) is 19.1 Å². The molecule has 0 radical (unpaired) electrons. The molecule has 1 rings (SSSR count). The highest BCUT2D eigenvalue weighted by Crippen LogP contribution is 2.08. The lowest BCUT2D eigenvalue weighted by Crippen LogP contribution is -2.56. The second kappa shape index (κ2) is 6.93. The Labute approximate surface area is 104 Å². The van der Waals surface area contributed by atoms with Gasteiger partial charge in [-0.1, -0.05) is 0 Å². The quantitative estimate of drug-likeness (QED) is 0.681. The van der Waals surface area contributed by atoms with Gasteiger partial charge in [-0.05, 0) is 20.8 Å². The van der Waals surface area contributed by atoms with E-state index in [-0.39, 0.29) is 11.9 Å². The van der Waals surface area contributed by atoms with Gasteiger partial charge in [0.25, 0.3) is 0 Å². The third-order valence-corrected chi connectivity index (χ3v) is 3.59. The first-order valence-corrected chi connectivity index (χ1v) is 6.56. The van der Waals surface area contributed by atoms with Gasteiger partial charge in [-0.3, -0.25) is 14.6 Å². The molecule has 2 atom stereocenters. The number of likely N-dealkylation sites (N-methyl/N-ethyl adjacent to an activating group) is 1. The van der Waals surface area contributed by atoms with Gasteiger partial charge in [0, 0.05) is 45.3 Å². The van der Waals surface area contributed by atoms with Crippen molar-refractivity contribution in [3.05, 3.63) is 0 Å². The average molecular weight is 242 g/mol. The zero-order valence-corrected chi connectivity index (χ0v) is 11.3. The summed E-state index contributed by atoms with van der Waals surface area (Å²) in [6.07, 6.45) is 0. The van der Waals surface area contributed by atoms with E-state index < -0.39 is 0 Å². The lowest BCUT2D eigenvalue weighted by molar-refractivity contribution is -0.126. The average Bonchev–Trinajstić information content (AvgIpc) is 2.37. The summed E-state index contributed by atoms with van der Waals surface area (Å²) < 4.78 is 0. The molecule has 5 nitrogen and oxygen atoms in total. The van der Waals surface area contributed by atoms with Gasteiger partial charge in [0.05, 0.1) is 6.04 Å². The Bertz CT molecular complexity index is 239. The number of amides is 1. The fourth-order valence-corrected chi connectivity index (χ4v) is 2.20. The third kappa shape index (κ3) is 3.94. The minimum absolute atomic E-state index is 0.0229. The lowest BCUT2D eigenvalue weighted by atomic mass is 10.2. The van der Waals surface area contributed by atoms with Crippen LogP contribution in [0.15, 0.2) is 0 Å². The number of carbonyl (C=O) groups is 1. The van der Waals surface area contributed by atoms with Crippen molar-refractivity contribution >= 4 is 5.91 Å². The second-order valence-electron chi connectivity index (χ2n) is 4.73. The van der Waals surface area contributed by atoms with Crippen molar-refractivity contribution in [2.24, 2.45) is 5.73 Å². The fourth-order valence-electron chi connectivity index (χ4n) is 2.20. The molecule has 0 bridgehead atoms. The van der Waals surface area contributed by atoms with Crippen LogP contribution in [0.1, 0.15) is 20.8 Å². The summed E-state index contributed by atoms with van der Waals surface area (Å²) in [5.74, 6) is 0.132. The van der Waals surface area contributed by atoms with Crippen LogP contribution in [0.4, 0.5) is 0 Å². The molecular weight excluding hydrogens is 216 g/mol. The predicted molar refractivity (Wildman–Crippen MR) is 69.8 cm³/mol. The first-order chi connectivity index (χ1) is 8.10. The Balaban J connectivity index is 2.38. The molecular formula is C12H26N4O. The summed E-state index contributed by atoms with van der Waals surface area (Å²) >= 11 is 0. The van der Waals surface area contributed by atoms with Crippen LogP contribution in [0.5, 0.6) is 0 Å². The van der Waals surface area contributed by atoms with Crippen LogP contribution in [0.3, 0.4) is 0 Å². The Morgan fingerprint density at radius 1 is 1.24 bits per heavy atom. The maximum Gasteiger partial charge on any atom is 0.237 e. The molecule has 0 aromatic heterocycles. The number of hydrogen-bond acceptors (Lipinski definition) is 4. The molecule has 3 N–H and O–H groups in total. The maximum atomic E-state index is 11.7. The minimum Gasteiger partial charge on any atom is -0.355 e. The Morgan fingerprint density at radius 2 is 1.76 bits per heavy atom. The van der Waals surface area contributed by atoms with E-state index in [1.54, 1.807) is 0 Å². The van der Waals surface area contributed by atoms with Gasteiger partial charge < -0.3 is 11.1 Å². The van der Waals surface area contributed by atoms with Crippen LogP contribution in [-0.2, 0) is 4.79 Å². The van der Waals surface area contributed by atoms with E-state index in [0.717, 1.165) is 26.2 Å². The maximum absolute atomic E-state index is 11.7. The predicted octanol–water partition coefficient (Wildman–Crippen LogP) is -0.524. The summed E-state index contributed by atoms with van der Waals surface area (Å²) in [5, 5.41) is 2.87. The van der Waals surface area contributed by atoms with Crippen LogP contribution in [-0.4, -0.2) is 67.1 Å². The SMILES string of the molecule is CCNC(=O)C(C)N1CCN(C(C)CN)CC1. The van der Waals surface area contributed by atoms with Crippen molar-refractivity contribution in [3.8, 4) is 0 Å². The fraction of sp³-hybridized carbons (Fsp3) is 0.917. The standard InChI is InChI=1S/C12H26N4O/c1-4-14-12(17)11(3)16-7-5-15(6-8-16)10(2)9-13/h10-11H,4-9,13H2,1-3H3,(H,14,17). The molecule has 0 saturated carbocycles. The number of piperazine rings is 1. The topological polar surface area (TPSA) is 61.6 Å². The normalized spacial score (nSPS) is 22.1. The van der Waals surface area contributed by atoms with E-state index in [9.17, 15) is 4.79 Å². The summed E-state index contributed by atoms with van der Waals surface area (Å²) in [6.45, 7) is 11.4. The monoisotopic (exact) mass is 242 g/mol. The van der Waals surface area contributed by atoms with Gasteiger partial charge >= 0.3 is 0 Å². The van der Waals surface area contributed by atoms with Crippen molar-refractivity contribution in [3.63, 3.8) is 0 Å². The Kier molecular flexibility index (Phi) is 5.88. The van der Waals surface area contributed by atoms with Gasteiger partial charge in [-0.25, -0.2) is 0 Å². The Hall–Kier alpha value is -0.650. The third-order valence-electron chi connectivity index (χ3n) is 3.59. The number of carbonyl (C=O) groups excluding carboxylic acids is 1. The highest BCUT2D eigenvalue weighted by molar-refractivity contribution is 5.81. The highest BCUT2D eigenvalue weighted by Gasteiger charge is 2.26. The van der Waals surface area contributed by atoms with Crippen molar-refractivity contribution in [2.45, 2.75) is 32.9 Å². The molecule has 0 aliphatic carbocycles. The van der Waals surface area contributed by atoms with Gasteiger partial charge in [0.2, 0.25) is 5.91 Å². The van der Waals surface area contributed by atoms with E-state index in [1.165, 1.54) is 0 Å². The number of hydrogen-bond donors (Lipinski definition) is 2. The lowest BCUT2D eigenvalue weighted by Gasteiger charge is -2.39. The van der Waals surface area contributed by atoms with Crippen molar-refractivity contribution < 1.29 is 4.79 Å². The molecule has 0 aromatic rings. The van der Waals surface area contributed by atoms with Crippen LogP contribution in [0.2, 0.25) is 0 Å². The van der Waals surface area contributed by atoms with Crippen molar-refractivity contribution in [2.75, 3.05) is 39.3 Å². The molecule has 1 fully saturated rings. The molecule has 1 aliphatic rings. The molecule has 1 aliphatic heterocycles. The minimum atomic E-state index is -0.0229. The van der Waals surface area contributed by atoms with Crippen LogP contribution in [0, 0.1) is 0 Å². The molecule has 1 heterocycles. The summed E-state index contributed by atoms with van der Waals surface area (Å²) in [5.41, 5.74) is 5.67. The number of nitrogens with zero attached hydrogens (tertiary/aromatic N) is 2. The van der Waals surface area contributed by atoms with Gasteiger partial charge in [-0.15, -0.1) is 0 Å². The van der Waals surface area contributed by atoms with Gasteiger partial charge in [0.15, 0.2) is 0 Å². The van der Waals surface area contributed by atoms with Crippen molar-refractivity contribution in [1.82, 2.24) is 15.1 Å². The molecule has 17 heavy (non-hydrogen) atoms. The van der Waals surface area contributed by atoms with E-state index in [1.807, 2.05) is 13.8 Å². The summed E-state index contributed by atoms with van der Waals surface area (Å²) in [6, 6.07) is 0.419. The first kappa shape index (κ1) is 14.4. The van der Waals surface area contributed by atoms with Gasteiger partial charge in [0.1, 0.15) is 0 Å². The summed E-state index contributed by atoms with van der Waals surface area (Å²) in [7, 11) is 0. The zero-order valence-electron chi connectivity index (χ0n) is 11.3. The Morgan fingerprint density at radius 3 is 2.24 bits per heavy atom. The smallest absolute Gasteiger partial charge is 0.237 e. The zero-order chi connectivity index (χ0) is 12.8. The molecule has 0 spiro atoms. The van der Waals surface area contributed by atoms with Crippen LogP contribution >= 0.6 is 0 Å².